The monoisotopic (exact) mass is 376 g/mol. The van der Waals surface area contributed by atoms with Gasteiger partial charge in [0.1, 0.15) is 0 Å². The molecule has 0 fully saturated rings. The lowest BCUT2D eigenvalue weighted by Gasteiger charge is -2.13. The van der Waals surface area contributed by atoms with Gasteiger partial charge in [0, 0.05) is 24.7 Å². The van der Waals surface area contributed by atoms with E-state index in [1.165, 1.54) is 45.3 Å². The van der Waals surface area contributed by atoms with Gasteiger partial charge in [0.2, 0.25) is 10.0 Å². The Kier molecular flexibility index (Phi) is 6.25. The number of Topliss-reactive ketones (excluding diaryl/α,β-unsaturated/α-hetero) is 1. The Hall–Kier alpha value is -2.55. The van der Waals surface area contributed by atoms with Gasteiger partial charge in [-0.1, -0.05) is 24.3 Å². The Morgan fingerprint density at radius 2 is 1.54 bits per heavy atom. The molecule has 1 amide bonds. The molecule has 7 nitrogen and oxygen atoms in total. The van der Waals surface area contributed by atoms with E-state index in [2.05, 4.69) is 4.72 Å². The minimum atomic E-state index is -3.70. The van der Waals surface area contributed by atoms with Crippen LogP contribution in [0.15, 0.2) is 53.4 Å². The molecule has 0 aliphatic carbocycles. The van der Waals surface area contributed by atoms with Crippen molar-refractivity contribution in [3.8, 4) is 0 Å². The van der Waals surface area contributed by atoms with Crippen molar-refractivity contribution in [3.05, 3.63) is 65.2 Å². The van der Waals surface area contributed by atoms with Gasteiger partial charge in [0.15, 0.2) is 5.78 Å². The van der Waals surface area contributed by atoms with E-state index in [-0.39, 0.29) is 23.1 Å². The second-order valence-electron chi connectivity index (χ2n) is 5.59. The molecule has 0 aliphatic rings. The van der Waals surface area contributed by atoms with Crippen LogP contribution in [-0.2, 0) is 21.4 Å². The summed E-state index contributed by atoms with van der Waals surface area (Å²) in [5.74, 6) is -0.430. The van der Waals surface area contributed by atoms with Crippen LogP contribution in [0.3, 0.4) is 0 Å². The largest absolute Gasteiger partial charge is 0.295 e. The van der Waals surface area contributed by atoms with E-state index in [1.54, 1.807) is 24.3 Å². The molecule has 0 aliphatic heterocycles. The molecule has 0 aromatic heterocycles. The Bertz CT molecular complexity index is 890. The highest BCUT2D eigenvalue weighted by molar-refractivity contribution is 7.89. The lowest BCUT2D eigenvalue weighted by molar-refractivity contribution is -0.0757. The fraction of sp³-hybridized carbons (Fsp3) is 0.222. The van der Waals surface area contributed by atoms with Crippen molar-refractivity contribution in [2.24, 2.45) is 0 Å². The third-order valence-electron chi connectivity index (χ3n) is 3.80. The zero-order valence-corrected chi connectivity index (χ0v) is 15.5. The Morgan fingerprint density at radius 3 is 2.04 bits per heavy atom. The van der Waals surface area contributed by atoms with Crippen LogP contribution in [-0.4, -0.2) is 39.3 Å². The summed E-state index contributed by atoms with van der Waals surface area (Å²) >= 11 is 0. The number of hydrogen-bond acceptors (Lipinski definition) is 5. The first kappa shape index (κ1) is 19.8. The molecule has 1 N–H and O–H groups in total. The van der Waals surface area contributed by atoms with E-state index in [1.807, 2.05) is 0 Å². The molecule has 0 radical (unpaired) electrons. The van der Waals surface area contributed by atoms with Crippen molar-refractivity contribution in [3.63, 3.8) is 0 Å². The molecule has 2 aromatic carbocycles. The van der Waals surface area contributed by atoms with Crippen LogP contribution in [0, 0.1) is 0 Å². The number of rotatable bonds is 7. The maximum absolute atomic E-state index is 12.3. The molecular formula is C18H20N2O5S. The van der Waals surface area contributed by atoms with Gasteiger partial charge in [-0.05, 0) is 36.8 Å². The molecular weight excluding hydrogens is 356 g/mol. The van der Waals surface area contributed by atoms with Gasteiger partial charge in [-0.3, -0.25) is 14.4 Å². The number of nitrogens with zero attached hydrogens (tertiary/aromatic N) is 1. The van der Waals surface area contributed by atoms with E-state index >= 15 is 0 Å². The topological polar surface area (TPSA) is 92.8 Å². The number of carbonyl (C=O) groups is 2. The molecule has 0 unspecified atom stereocenters. The predicted molar refractivity (Wildman–Crippen MR) is 96.0 cm³/mol. The Morgan fingerprint density at radius 1 is 1.00 bits per heavy atom. The van der Waals surface area contributed by atoms with Crippen molar-refractivity contribution in [1.82, 2.24) is 9.79 Å². The molecule has 0 bridgehead atoms. The van der Waals surface area contributed by atoms with E-state index in [0.29, 0.717) is 16.7 Å². The standard InChI is InChI=1S/C18H20N2O5S/c1-13(21)15-8-10-17(11-9-15)26(23,24)19-12-14-4-6-16(7-5-14)18(22)20(2)25-3/h4-11,19H,12H2,1-3H3. The van der Waals surface area contributed by atoms with Crippen molar-refractivity contribution < 1.29 is 22.8 Å². The van der Waals surface area contributed by atoms with Gasteiger partial charge in [-0.25, -0.2) is 18.2 Å². The highest BCUT2D eigenvalue weighted by Crippen LogP contribution is 2.13. The van der Waals surface area contributed by atoms with Crippen LogP contribution in [0.5, 0.6) is 0 Å². The lowest BCUT2D eigenvalue weighted by Crippen LogP contribution is -2.25. The van der Waals surface area contributed by atoms with Gasteiger partial charge < -0.3 is 0 Å². The fourth-order valence-corrected chi connectivity index (χ4v) is 3.18. The van der Waals surface area contributed by atoms with Crippen molar-refractivity contribution >= 4 is 21.7 Å². The van der Waals surface area contributed by atoms with Crippen LogP contribution in [0.1, 0.15) is 33.2 Å². The first-order valence-corrected chi connectivity index (χ1v) is 9.24. The molecule has 0 saturated carbocycles. The van der Waals surface area contributed by atoms with Crippen LogP contribution in [0.2, 0.25) is 0 Å². The number of carbonyl (C=O) groups excluding carboxylic acids is 2. The highest BCUT2D eigenvalue weighted by atomic mass is 32.2. The smallest absolute Gasteiger partial charge is 0.277 e. The molecule has 0 heterocycles. The first-order valence-electron chi connectivity index (χ1n) is 7.76. The number of sulfonamides is 1. The van der Waals surface area contributed by atoms with E-state index in [9.17, 15) is 18.0 Å². The van der Waals surface area contributed by atoms with Gasteiger partial charge >= 0.3 is 0 Å². The number of hydroxylamine groups is 2. The average Bonchev–Trinajstić information content (AvgIpc) is 2.65. The number of amides is 1. The maximum Gasteiger partial charge on any atom is 0.277 e. The third-order valence-corrected chi connectivity index (χ3v) is 5.22. The summed E-state index contributed by atoms with van der Waals surface area (Å²) in [7, 11) is -0.807. The van der Waals surface area contributed by atoms with Gasteiger partial charge in [-0.2, -0.15) is 0 Å². The number of ketones is 1. The maximum atomic E-state index is 12.3. The predicted octanol–water partition coefficient (Wildman–Crippen LogP) is 2.00. The summed E-state index contributed by atoms with van der Waals surface area (Å²) in [6.07, 6.45) is 0. The molecule has 26 heavy (non-hydrogen) atoms. The van der Waals surface area contributed by atoms with E-state index in [0.717, 1.165) is 5.06 Å². The zero-order chi connectivity index (χ0) is 19.3. The van der Waals surface area contributed by atoms with Gasteiger partial charge in [0.05, 0.1) is 12.0 Å². The molecule has 0 spiro atoms. The zero-order valence-electron chi connectivity index (χ0n) is 14.7. The summed E-state index contributed by atoms with van der Waals surface area (Å²) in [5.41, 5.74) is 1.58. The van der Waals surface area contributed by atoms with Gasteiger partial charge in [-0.15, -0.1) is 0 Å². The summed E-state index contributed by atoms with van der Waals surface area (Å²) in [5, 5.41) is 1.10. The summed E-state index contributed by atoms with van der Waals surface area (Å²) < 4.78 is 27.1. The quantitative estimate of drug-likeness (QED) is 0.589. The van der Waals surface area contributed by atoms with E-state index in [4.69, 9.17) is 4.84 Å². The highest BCUT2D eigenvalue weighted by Gasteiger charge is 2.15. The fourth-order valence-electron chi connectivity index (χ4n) is 2.16. The second kappa shape index (κ2) is 8.22. The molecule has 138 valence electrons. The van der Waals surface area contributed by atoms with Crippen LogP contribution >= 0.6 is 0 Å². The average molecular weight is 376 g/mol. The van der Waals surface area contributed by atoms with Gasteiger partial charge in [0.25, 0.3) is 5.91 Å². The second-order valence-corrected chi connectivity index (χ2v) is 7.35. The van der Waals surface area contributed by atoms with Crippen molar-refractivity contribution in [2.45, 2.75) is 18.4 Å². The molecule has 0 atom stereocenters. The molecule has 2 rings (SSSR count). The minimum Gasteiger partial charge on any atom is -0.295 e. The lowest BCUT2D eigenvalue weighted by atomic mass is 10.1. The van der Waals surface area contributed by atoms with Crippen LogP contribution < -0.4 is 4.72 Å². The first-order chi connectivity index (χ1) is 12.2. The molecule has 2 aromatic rings. The third kappa shape index (κ3) is 4.75. The summed E-state index contributed by atoms with van der Waals surface area (Å²) in [6, 6.07) is 12.3. The Balaban J connectivity index is 2.05. The summed E-state index contributed by atoms with van der Waals surface area (Å²) in [4.78, 5) is 28.1. The number of hydrogen-bond donors (Lipinski definition) is 1. The Labute approximate surface area is 152 Å². The number of nitrogens with one attached hydrogen (secondary N) is 1. The van der Waals surface area contributed by atoms with Crippen molar-refractivity contribution in [1.29, 1.82) is 0 Å². The SMILES string of the molecule is CON(C)C(=O)c1ccc(CNS(=O)(=O)c2ccc(C(C)=O)cc2)cc1. The van der Waals surface area contributed by atoms with Crippen LogP contribution in [0.25, 0.3) is 0 Å². The van der Waals surface area contributed by atoms with Crippen molar-refractivity contribution in [2.75, 3.05) is 14.2 Å². The summed E-state index contributed by atoms with van der Waals surface area (Å²) in [6.45, 7) is 1.49. The van der Waals surface area contributed by atoms with E-state index < -0.39 is 10.0 Å². The molecule has 8 heteroatoms. The minimum absolute atomic E-state index is 0.0748. The molecule has 0 saturated heterocycles. The normalized spacial score (nSPS) is 11.2. The number of benzene rings is 2. The van der Waals surface area contributed by atoms with Crippen LogP contribution in [0.4, 0.5) is 0 Å².